The monoisotopic (exact) mass is 313 g/mol. The quantitative estimate of drug-likeness (QED) is 0.919. The number of aromatic nitrogens is 2. The highest BCUT2D eigenvalue weighted by atomic mass is 35.5. The van der Waals surface area contributed by atoms with Gasteiger partial charge >= 0.3 is 0 Å². The molecule has 0 saturated carbocycles. The van der Waals surface area contributed by atoms with Crippen LogP contribution in [0.3, 0.4) is 0 Å². The van der Waals surface area contributed by atoms with Crippen LogP contribution < -0.4 is 10.6 Å². The first-order valence-electron chi connectivity index (χ1n) is 7.39. The van der Waals surface area contributed by atoms with Gasteiger partial charge in [0.2, 0.25) is 0 Å². The standard InChI is InChI=1S/C15H27N5.ClH/c1-12-5-6-14(18-17-12)19(4)13-7-9-20(10-8-13)11-15(2,3)16;/h5-6,13H,7-11,16H2,1-4H3;1H. The van der Waals surface area contributed by atoms with Crippen molar-refractivity contribution in [1.82, 2.24) is 15.1 Å². The van der Waals surface area contributed by atoms with E-state index in [0.29, 0.717) is 6.04 Å². The van der Waals surface area contributed by atoms with Crippen LogP contribution in [0.5, 0.6) is 0 Å². The van der Waals surface area contributed by atoms with E-state index >= 15 is 0 Å². The van der Waals surface area contributed by atoms with Gasteiger partial charge < -0.3 is 15.5 Å². The number of nitrogens with two attached hydrogens (primary N) is 1. The molecule has 2 N–H and O–H groups in total. The maximum Gasteiger partial charge on any atom is 0.151 e. The van der Waals surface area contributed by atoms with Gasteiger partial charge in [-0.15, -0.1) is 17.5 Å². The second-order valence-corrected chi connectivity index (χ2v) is 6.64. The molecular formula is C15H28ClN5. The Balaban J connectivity index is 0.00000220. The first-order valence-corrected chi connectivity index (χ1v) is 7.39. The molecule has 0 amide bonds. The number of hydrogen-bond donors (Lipinski definition) is 1. The Morgan fingerprint density at radius 1 is 1.29 bits per heavy atom. The summed E-state index contributed by atoms with van der Waals surface area (Å²) in [5.74, 6) is 0.966. The minimum atomic E-state index is -0.110. The summed E-state index contributed by atoms with van der Waals surface area (Å²) in [4.78, 5) is 4.72. The molecule has 0 atom stereocenters. The van der Waals surface area contributed by atoms with Crippen molar-refractivity contribution in [3.63, 3.8) is 0 Å². The highest BCUT2D eigenvalue weighted by Crippen LogP contribution is 2.20. The summed E-state index contributed by atoms with van der Waals surface area (Å²) in [7, 11) is 2.12. The molecule has 21 heavy (non-hydrogen) atoms. The zero-order valence-corrected chi connectivity index (χ0v) is 14.4. The highest BCUT2D eigenvalue weighted by Gasteiger charge is 2.25. The molecule has 0 unspecified atom stereocenters. The molecule has 1 aromatic rings. The molecule has 120 valence electrons. The van der Waals surface area contributed by atoms with Crippen molar-refractivity contribution in [1.29, 1.82) is 0 Å². The zero-order valence-electron chi connectivity index (χ0n) is 13.5. The van der Waals surface area contributed by atoms with Gasteiger partial charge in [-0.1, -0.05) is 0 Å². The number of rotatable bonds is 4. The molecule has 2 rings (SSSR count). The summed E-state index contributed by atoms with van der Waals surface area (Å²) < 4.78 is 0. The van der Waals surface area contributed by atoms with Crippen molar-refractivity contribution in [3.8, 4) is 0 Å². The van der Waals surface area contributed by atoms with Crippen LogP contribution >= 0.6 is 12.4 Å². The molecule has 6 heteroatoms. The predicted molar refractivity (Wildman–Crippen MR) is 90.1 cm³/mol. The van der Waals surface area contributed by atoms with E-state index < -0.39 is 0 Å². The number of aryl methyl sites for hydroxylation is 1. The van der Waals surface area contributed by atoms with E-state index in [9.17, 15) is 0 Å². The van der Waals surface area contributed by atoms with Crippen molar-refractivity contribution in [2.24, 2.45) is 5.73 Å². The van der Waals surface area contributed by atoms with E-state index in [1.807, 2.05) is 13.0 Å². The molecule has 2 heterocycles. The van der Waals surface area contributed by atoms with Crippen LogP contribution in [-0.2, 0) is 0 Å². The van der Waals surface area contributed by atoms with Crippen LogP contribution in [0.25, 0.3) is 0 Å². The summed E-state index contributed by atoms with van der Waals surface area (Å²) in [6.07, 6.45) is 2.31. The average Bonchev–Trinajstić information content (AvgIpc) is 2.38. The largest absolute Gasteiger partial charge is 0.355 e. The maximum atomic E-state index is 6.10. The van der Waals surface area contributed by atoms with E-state index in [4.69, 9.17) is 5.73 Å². The van der Waals surface area contributed by atoms with E-state index in [-0.39, 0.29) is 17.9 Å². The number of hydrogen-bond acceptors (Lipinski definition) is 5. The summed E-state index contributed by atoms with van der Waals surface area (Å²) in [6, 6.07) is 4.62. The van der Waals surface area contributed by atoms with E-state index in [2.05, 4.69) is 47.0 Å². The average molecular weight is 314 g/mol. The van der Waals surface area contributed by atoms with Gasteiger partial charge in [-0.05, 0) is 45.7 Å². The number of anilines is 1. The molecule has 1 aliphatic rings. The lowest BCUT2D eigenvalue weighted by molar-refractivity contribution is 0.178. The number of likely N-dealkylation sites (tertiary alicyclic amines) is 1. The second kappa shape index (κ2) is 7.38. The molecule has 1 aromatic heterocycles. The summed E-state index contributed by atoms with van der Waals surface area (Å²) in [5, 5.41) is 8.41. The minimum absolute atomic E-state index is 0. The molecule has 0 aliphatic carbocycles. The van der Waals surface area contributed by atoms with Crippen LogP contribution in [0, 0.1) is 6.92 Å². The van der Waals surface area contributed by atoms with Crippen molar-refractivity contribution >= 4 is 18.2 Å². The number of nitrogens with zero attached hydrogens (tertiary/aromatic N) is 4. The SMILES string of the molecule is Cc1ccc(N(C)C2CCN(CC(C)(C)N)CC2)nn1.Cl. The normalized spacial score (nSPS) is 17.4. The van der Waals surface area contributed by atoms with Crippen LogP contribution in [0.4, 0.5) is 5.82 Å². The fourth-order valence-corrected chi connectivity index (χ4v) is 2.81. The van der Waals surface area contributed by atoms with Crippen molar-refractivity contribution in [2.75, 3.05) is 31.6 Å². The first-order chi connectivity index (χ1) is 9.35. The second-order valence-electron chi connectivity index (χ2n) is 6.64. The Hall–Kier alpha value is -0.910. The Labute approximate surface area is 134 Å². The lowest BCUT2D eigenvalue weighted by atomic mass is 10.0. The highest BCUT2D eigenvalue weighted by molar-refractivity contribution is 5.85. The topological polar surface area (TPSA) is 58.3 Å². The Bertz CT molecular complexity index is 421. The van der Waals surface area contributed by atoms with Gasteiger partial charge in [-0.3, -0.25) is 0 Å². The van der Waals surface area contributed by atoms with Crippen molar-refractivity contribution in [2.45, 2.75) is 45.2 Å². The molecule has 0 spiro atoms. The fraction of sp³-hybridized carbons (Fsp3) is 0.733. The lowest BCUT2D eigenvalue weighted by Crippen LogP contribution is -2.50. The summed E-state index contributed by atoms with van der Waals surface area (Å²) in [6.45, 7) is 9.32. The minimum Gasteiger partial charge on any atom is -0.355 e. The third-order valence-electron chi connectivity index (χ3n) is 3.88. The fourth-order valence-electron chi connectivity index (χ4n) is 2.81. The Morgan fingerprint density at radius 3 is 2.38 bits per heavy atom. The van der Waals surface area contributed by atoms with Crippen LogP contribution in [0.1, 0.15) is 32.4 Å². The third kappa shape index (κ3) is 5.41. The molecule has 0 bridgehead atoms. The van der Waals surface area contributed by atoms with Gasteiger partial charge in [-0.25, -0.2) is 0 Å². The van der Waals surface area contributed by atoms with Gasteiger partial charge in [0.25, 0.3) is 0 Å². The van der Waals surface area contributed by atoms with E-state index in [0.717, 1.165) is 44.0 Å². The number of piperidine rings is 1. The molecule has 1 aliphatic heterocycles. The van der Waals surface area contributed by atoms with E-state index in [1.165, 1.54) is 0 Å². The molecule has 5 nitrogen and oxygen atoms in total. The van der Waals surface area contributed by atoms with Crippen molar-refractivity contribution < 1.29 is 0 Å². The predicted octanol–water partition coefficient (Wildman–Crippen LogP) is 1.84. The molecule has 0 radical (unpaired) electrons. The zero-order chi connectivity index (χ0) is 14.8. The number of halogens is 1. The van der Waals surface area contributed by atoms with Gasteiger partial charge in [0.1, 0.15) is 0 Å². The van der Waals surface area contributed by atoms with Crippen molar-refractivity contribution in [3.05, 3.63) is 17.8 Å². The Kier molecular flexibility index (Phi) is 6.38. The molecule has 0 aromatic carbocycles. The van der Waals surface area contributed by atoms with Gasteiger partial charge in [0.15, 0.2) is 5.82 Å². The summed E-state index contributed by atoms with van der Waals surface area (Å²) >= 11 is 0. The third-order valence-corrected chi connectivity index (χ3v) is 3.88. The van der Waals surface area contributed by atoms with Crippen LogP contribution in [0.15, 0.2) is 12.1 Å². The van der Waals surface area contributed by atoms with Crippen LogP contribution in [-0.4, -0.2) is 53.4 Å². The Morgan fingerprint density at radius 2 is 1.90 bits per heavy atom. The van der Waals surface area contributed by atoms with E-state index in [1.54, 1.807) is 0 Å². The molecule has 1 fully saturated rings. The smallest absolute Gasteiger partial charge is 0.151 e. The molecule has 1 saturated heterocycles. The first kappa shape index (κ1) is 18.1. The molecular weight excluding hydrogens is 286 g/mol. The lowest BCUT2D eigenvalue weighted by Gasteiger charge is -2.39. The van der Waals surface area contributed by atoms with Gasteiger partial charge in [0, 0.05) is 38.3 Å². The summed E-state index contributed by atoms with van der Waals surface area (Å²) in [5.41, 5.74) is 6.95. The maximum absolute atomic E-state index is 6.10. The van der Waals surface area contributed by atoms with Crippen LogP contribution in [0.2, 0.25) is 0 Å². The van der Waals surface area contributed by atoms with Gasteiger partial charge in [0.05, 0.1) is 5.69 Å². The van der Waals surface area contributed by atoms with Gasteiger partial charge in [-0.2, -0.15) is 5.10 Å².